The zero-order valence-electron chi connectivity index (χ0n) is 23.6. The first-order valence-electron chi connectivity index (χ1n) is 14.2. The minimum Gasteiger partial charge on any atom is -0.320 e. The van der Waals surface area contributed by atoms with Gasteiger partial charge < -0.3 is 9.80 Å². The molecule has 2 heterocycles. The Labute approximate surface area is 260 Å². The second-order valence-corrected chi connectivity index (χ2v) is 11.6. The third-order valence-electron chi connectivity index (χ3n) is 8.00. The van der Waals surface area contributed by atoms with Gasteiger partial charge in [-0.15, -0.1) is 0 Å². The number of amides is 4. The molecule has 0 N–H and O–H groups in total. The van der Waals surface area contributed by atoms with Gasteiger partial charge in [0.05, 0.1) is 22.7 Å². The molecule has 0 unspecified atom stereocenters. The van der Waals surface area contributed by atoms with Gasteiger partial charge in [-0.2, -0.15) is 0 Å². The van der Waals surface area contributed by atoms with Gasteiger partial charge in [0.2, 0.25) is 0 Å². The summed E-state index contributed by atoms with van der Waals surface area (Å²) in [5, 5.41) is 1.14. The van der Waals surface area contributed by atoms with E-state index in [-0.39, 0.29) is 23.9 Å². The fourth-order valence-corrected chi connectivity index (χ4v) is 6.05. The number of fused-ring (bicyclic) bond motifs is 2. The van der Waals surface area contributed by atoms with E-state index in [0.29, 0.717) is 65.1 Å². The second kappa shape index (κ2) is 12.1. The first-order chi connectivity index (χ1) is 20.8. The number of anilines is 4. The van der Waals surface area contributed by atoms with Crippen LogP contribution < -0.4 is 9.80 Å². The zero-order chi connectivity index (χ0) is 30.1. The number of rotatable bonds is 2. The highest BCUT2D eigenvalue weighted by atomic mass is 35.5. The third kappa shape index (κ3) is 5.70. The maximum absolute atomic E-state index is 14.4. The molecule has 2 aliphatic rings. The van der Waals surface area contributed by atoms with Crippen molar-refractivity contribution in [2.75, 3.05) is 29.4 Å². The van der Waals surface area contributed by atoms with Gasteiger partial charge in [0.25, 0.3) is 0 Å². The lowest BCUT2D eigenvalue weighted by molar-refractivity contribution is 0.0982. The Hall–Kier alpha value is -4.33. The van der Waals surface area contributed by atoms with Crippen LogP contribution in [0.5, 0.6) is 0 Å². The van der Waals surface area contributed by atoms with Crippen LogP contribution in [0.3, 0.4) is 0 Å². The number of aryl methyl sites for hydroxylation is 1. The molecule has 0 radical (unpaired) electrons. The van der Waals surface area contributed by atoms with Gasteiger partial charge in [0.1, 0.15) is 0 Å². The summed E-state index contributed by atoms with van der Waals surface area (Å²) in [6.07, 6.45) is 0.932. The SMILES string of the molecule is C[C@@H]1CN(C(=O)N(c2ccc(Cl)cc2)c2ccc(Cl)cc2)CCN1C(=O)N1c2ccccc2CCC(=O)c2ccccc21. The molecule has 43 heavy (non-hydrogen) atoms. The Morgan fingerprint density at radius 2 is 1.33 bits per heavy atom. The maximum Gasteiger partial charge on any atom is 0.329 e. The molecule has 4 aromatic rings. The fourth-order valence-electron chi connectivity index (χ4n) is 5.80. The number of halogens is 2. The normalized spacial score (nSPS) is 16.6. The van der Waals surface area contributed by atoms with Crippen molar-refractivity contribution in [1.29, 1.82) is 0 Å². The van der Waals surface area contributed by atoms with Crippen LogP contribution in [-0.2, 0) is 6.42 Å². The highest BCUT2D eigenvalue weighted by molar-refractivity contribution is 6.31. The van der Waals surface area contributed by atoms with Gasteiger partial charge in [0.15, 0.2) is 5.78 Å². The van der Waals surface area contributed by atoms with Crippen LogP contribution in [-0.4, -0.2) is 53.3 Å². The topological polar surface area (TPSA) is 64.2 Å². The number of Topliss-reactive ketones (excluding diaryl/α,β-unsaturated/α-hetero) is 1. The number of carbonyl (C=O) groups is 3. The summed E-state index contributed by atoms with van der Waals surface area (Å²) in [6.45, 7) is 2.94. The monoisotopic (exact) mass is 612 g/mol. The van der Waals surface area contributed by atoms with E-state index in [2.05, 4.69) is 0 Å². The smallest absolute Gasteiger partial charge is 0.320 e. The lowest BCUT2D eigenvalue weighted by atomic mass is 9.96. The Balaban J connectivity index is 1.29. The molecule has 0 saturated carbocycles. The van der Waals surface area contributed by atoms with E-state index in [9.17, 15) is 14.4 Å². The molecule has 2 aliphatic heterocycles. The summed E-state index contributed by atoms with van der Waals surface area (Å²) in [6, 6.07) is 28.5. The lowest BCUT2D eigenvalue weighted by Gasteiger charge is -2.43. The Kier molecular flexibility index (Phi) is 8.10. The van der Waals surface area contributed by atoms with Crippen LogP contribution in [0.15, 0.2) is 97.1 Å². The van der Waals surface area contributed by atoms with Crippen molar-refractivity contribution in [3.8, 4) is 0 Å². The number of benzene rings is 4. The number of urea groups is 2. The number of hydrogen-bond acceptors (Lipinski definition) is 3. The molecule has 218 valence electrons. The van der Waals surface area contributed by atoms with E-state index in [0.717, 1.165) is 11.3 Å². The number of nitrogens with zero attached hydrogens (tertiary/aromatic N) is 4. The predicted octanol–water partition coefficient (Wildman–Crippen LogP) is 8.34. The quantitative estimate of drug-likeness (QED) is 0.228. The van der Waals surface area contributed by atoms with Crippen molar-refractivity contribution in [2.24, 2.45) is 0 Å². The van der Waals surface area contributed by atoms with Crippen molar-refractivity contribution in [3.63, 3.8) is 0 Å². The number of piperazine rings is 1. The molecule has 4 aromatic carbocycles. The first kappa shape index (κ1) is 28.8. The van der Waals surface area contributed by atoms with E-state index >= 15 is 0 Å². The largest absolute Gasteiger partial charge is 0.329 e. The summed E-state index contributed by atoms with van der Waals surface area (Å²) in [5.41, 5.74) is 4.17. The molecule has 1 saturated heterocycles. The molecule has 1 atom stereocenters. The summed E-state index contributed by atoms with van der Waals surface area (Å²) in [7, 11) is 0. The number of hydrogen-bond donors (Lipinski definition) is 0. The average Bonchev–Trinajstić information content (AvgIpc) is 3.02. The Bertz CT molecular complexity index is 1630. The summed E-state index contributed by atoms with van der Waals surface area (Å²) < 4.78 is 0. The summed E-state index contributed by atoms with van der Waals surface area (Å²) in [5.74, 6) is 0.0101. The van der Waals surface area contributed by atoms with Crippen molar-refractivity contribution < 1.29 is 14.4 Å². The molecule has 6 rings (SSSR count). The van der Waals surface area contributed by atoms with E-state index in [1.807, 2.05) is 49.4 Å². The molecular formula is C34H30Cl2N4O3. The van der Waals surface area contributed by atoms with Gasteiger partial charge in [-0.1, -0.05) is 53.5 Å². The minimum atomic E-state index is -0.289. The second-order valence-electron chi connectivity index (χ2n) is 10.7. The Morgan fingerprint density at radius 3 is 1.95 bits per heavy atom. The van der Waals surface area contributed by atoms with Crippen LogP contribution in [0.2, 0.25) is 10.0 Å². The van der Waals surface area contributed by atoms with E-state index in [1.54, 1.807) is 74.2 Å². The predicted molar refractivity (Wildman–Crippen MR) is 171 cm³/mol. The minimum absolute atomic E-state index is 0.0101. The molecule has 0 aromatic heterocycles. The van der Waals surface area contributed by atoms with Crippen molar-refractivity contribution in [3.05, 3.63) is 118 Å². The van der Waals surface area contributed by atoms with Crippen LogP contribution in [0.25, 0.3) is 0 Å². The Morgan fingerprint density at radius 1 is 0.744 bits per heavy atom. The van der Waals surface area contributed by atoms with E-state index < -0.39 is 0 Å². The van der Waals surface area contributed by atoms with Gasteiger partial charge >= 0.3 is 12.1 Å². The zero-order valence-corrected chi connectivity index (χ0v) is 25.1. The molecule has 1 fully saturated rings. The van der Waals surface area contributed by atoms with Crippen molar-refractivity contribution in [2.45, 2.75) is 25.8 Å². The lowest BCUT2D eigenvalue weighted by Crippen LogP contribution is -2.59. The highest BCUT2D eigenvalue weighted by Gasteiger charge is 2.37. The van der Waals surface area contributed by atoms with Crippen LogP contribution in [0, 0.1) is 0 Å². The maximum atomic E-state index is 14.4. The number of ketones is 1. The molecule has 0 bridgehead atoms. The van der Waals surface area contributed by atoms with Gasteiger partial charge in [-0.05, 0) is 85.6 Å². The standard InChI is InChI=1S/C34H30Cl2N4O3/c1-23-22-37(33(42)39(27-15-11-25(35)12-16-27)28-17-13-26(36)14-18-28)20-21-38(23)34(43)40-30-8-4-2-6-24(30)10-19-32(41)29-7-3-5-9-31(29)40/h2-9,11-18,23H,10,19-22H2,1H3/t23-/m1/s1. The van der Waals surface area contributed by atoms with Crippen LogP contribution in [0.1, 0.15) is 29.3 Å². The molecular weight excluding hydrogens is 583 g/mol. The van der Waals surface area contributed by atoms with E-state index in [1.165, 1.54) is 0 Å². The van der Waals surface area contributed by atoms with Gasteiger partial charge in [-0.3, -0.25) is 14.6 Å². The van der Waals surface area contributed by atoms with Crippen molar-refractivity contribution in [1.82, 2.24) is 9.80 Å². The summed E-state index contributed by atoms with van der Waals surface area (Å²) >= 11 is 12.3. The third-order valence-corrected chi connectivity index (χ3v) is 8.50. The average molecular weight is 614 g/mol. The van der Waals surface area contributed by atoms with Crippen molar-refractivity contribution >= 4 is 63.8 Å². The van der Waals surface area contributed by atoms with Gasteiger partial charge in [-0.25, -0.2) is 9.59 Å². The molecule has 0 aliphatic carbocycles. The number of para-hydroxylation sites is 2. The van der Waals surface area contributed by atoms with E-state index in [4.69, 9.17) is 23.2 Å². The van der Waals surface area contributed by atoms with Crippen LogP contribution in [0.4, 0.5) is 32.3 Å². The molecule has 9 heteroatoms. The van der Waals surface area contributed by atoms with Gasteiger partial charge in [0, 0.05) is 47.7 Å². The fraction of sp³-hybridized carbons (Fsp3) is 0.206. The summed E-state index contributed by atoms with van der Waals surface area (Å²) in [4.78, 5) is 48.4. The molecule has 4 amide bonds. The molecule has 0 spiro atoms. The van der Waals surface area contributed by atoms with Crippen LogP contribution >= 0.6 is 23.2 Å². The first-order valence-corrected chi connectivity index (χ1v) is 15.0. The number of carbonyl (C=O) groups excluding carboxylic acids is 3. The molecule has 7 nitrogen and oxygen atoms in total. The highest BCUT2D eigenvalue weighted by Crippen LogP contribution is 2.37.